The third-order valence-electron chi connectivity index (χ3n) is 5.41. The van der Waals surface area contributed by atoms with Crippen LogP contribution in [0.5, 0.6) is 0 Å². The second kappa shape index (κ2) is 7.51. The van der Waals surface area contributed by atoms with Gasteiger partial charge in [-0.2, -0.15) is 18.3 Å². The first-order valence-electron chi connectivity index (χ1n) is 9.41. The van der Waals surface area contributed by atoms with Gasteiger partial charge in [0.25, 0.3) is 5.91 Å². The van der Waals surface area contributed by atoms with E-state index in [-0.39, 0.29) is 23.0 Å². The summed E-state index contributed by atoms with van der Waals surface area (Å²) in [6.07, 6.45) is -2.25. The number of halogens is 5. The highest BCUT2D eigenvalue weighted by Gasteiger charge is 2.48. The molecule has 0 unspecified atom stereocenters. The summed E-state index contributed by atoms with van der Waals surface area (Å²) in [5.74, 6) is -0.984. The van der Waals surface area contributed by atoms with Crippen LogP contribution in [0.2, 0.25) is 5.02 Å². The van der Waals surface area contributed by atoms with Crippen LogP contribution in [-0.4, -0.2) is 39.9 Å². The van der Waals surface area contributed by atoms with Crippen LogP contribution in [0.1, 0.15) is 53.8 Å². The van der Waals surface area contributed by atoms with Crippen molar-refractivity contribution in [1.82, 2.24) is 14.7 Å². The molecule has 1 fully saturated rings. The molecule has 2 aliphatic heterocycles. The van der Waals surface area contributed by atoms with Crippen LogP contribution in [-0.2, 0) is 0 Å². The second-order valence-electron chi connectivity index (χ2n) is 7.35. The minimum atomic E-state index is -4.59. The number of likely N-dealkylation sites (tertiary alicyclic amines) is 1. The van der Waals surface area contributed by atoms with Gasteiger partial charge in [0, 0.05) is 19.5 Å². The summed E-state index contributed by atoms with van der Waals surface area (Å²) in [5, 5.41) is 6.80. The predicted octanol–water partition coefficient (Wildman–Crippen LogP) is 4.96. The molecule has 1 N–H and O–H groups in total. The highest BCUT2D eigenvalue weighted by Crippen LogP contribution is 2.46. The van der Waals surface area contributed by atoms with Crippen molar-refractivity contribution in [3.63, 3.8) is 0 Å². The molecule has 10 heteroatoms. The maximum atomic E-state index is 13.8. The Morgan fingerprint density at radius 1 is 1.14 bits per heavy atom. The summed E-state index contributed by atoms with van der Waals surface area (Å²) in [6, 6.07) is 2.55. The maximum absolute atomic E-state index is 13.8. The van der Waals surface area contributed by atoms with Gasteiger partial charge in [-0.15, -0.1) is 0 Å². The lowest BCUT2D eigenvalue weighted by Gasteiger charge is -2.33. The van der Waals surface area contributed by atoms with Gasteiger partial charge in [0.05, 0.1) is 6.04 Å². The van der Waals surface area contributed by atoms with E-state index < -0.39 is 30.0 Å². The fourth-order valence-corrected chi connectivity index (χ4v) is 4.15. The van der Waals surface area contributed by atoms with E-state index in [0.29, 0.717) is 18.7 Å². The summed E-state index contributed by atoms with van der Waals surface area (Å²) in [5.41, 5.74) is 0.318. The van der Waals surface area contributed by atoms with Gasteiger partial charge in [0.15, 0.2) is 11.7 Å². The van der Waals surface area contributed by atoms with Gasteiger partial charge < -0.3 is 10.2 Å². The highest BCUT2D eigenvalue weighted by atomic mass is 35.5. The van der Waals surface area contributed by atoms with Crippen molar-refractivity contribution in [3.05, 3.63) is 46.4 Å². The Kier molecular flexibility index (Phi) is 5.18. The number of hydrogen-bond donors (Lipinski definition) is 1. The van der Waals surface area contributed by atoms with E-state index in [2.05, 4.69) is 10.4 Å². The third-order valence-corrected chi connectivity index (χ3v) is 5.77. The molecule has 0 saturated carbocycles. The smallest absolute Gasteiger partial charge is 0.362 e. The number of carbonyl (C=O) groups excluding carboxylic acids is 1. The Hall–Kier alpha value is -2.29. The molecule has 0 spiro atoms. The zero-order chi connectivity index (χ0) is 20.8. The second-order valence-corrected chi connectivity index (χ2v) is 7.73. The predicted molar refractivity (Wildman–Crippen MR) is 99.5 cm³/mol. The van der Waals surface area contributed by atoms with E-state index in [4.69, 9.17) is 11.6 Å². The molecule has 156 valence electrons. The van der Waals surface area contributed by atoms with E-state index in [1.807, 2.05) is 0 Å². The molecule has 0 aliphatic carbocycles. The zero-order valence-electron chi connectivity index (χ0n) is 15.3. The maximum Gasteiger partial charge on any atom is 0.410 e. The molecule has 0 radical (unpaired) electrons. The number of rotatable bonds is 2. The first kappa shape index (κ1) is 20.0. The van der Waals surface area contributed by atoms with Crippen LogP contribution in [0.25, 0.3) is 0 Å². The van der Waals surface area contributed by atoms with Gasteiger partial charge >= 0.3 is 6.18 Å². The number of anilines is 1. The summed E-state index contributed by atoms with van der Waals surface area (Å²) in [4.78, 5) is 14.4. The van der Waals surface area contributed by atoms with Gasteiger partial charge in [0.2, 0.25) is 0 Å². The fourth-order valence-electron chi connectivity index (χ4n) is 3.89. The molecule has 1 aromatic heterocycles. The largest absolute Gasteiger partial charge is 0.410 e. The lowest BCUT2D eigenvalue weighted by molar-refractivity contribution is -0.173. The summed E-state index contributed by atoms with van der Waals surface area (Å²) in [7, 11) is 0. The molecule has 5 nitrogen and oxygen atoms in total. The normalized spacial score (nSPS) is 22.2. The molecule has 3 heterocycles. The van der Waals surface area contributed by atoms with E-state index in [1.54, 1.807) is 4.90 Å². The van der Waals surface area contributed by atoms with Crippen molar-refractivity contribution in [3.8, 4) is 0 Å². The van der Waals surface area contributed by atoms with Crippen LogP contribution in [0.4, 0.5) is 23.4 Å². The number of nitrogens with one attached hydrogen (secondary N) is 1. The Bertz CT molecular complexity index is 906. The Balaban J connectivity index is 1.71. The van der Waals surface area contributed by atoms with E-state index >= 15 is 0 Å². The van der Waals surface area contributed by atoms with Crippen LogP contribution in [0.3, 0.4) is 0 Å². The third kappa shape index (κ3) is 3.80. The van der Waals surface area contributed by atoms with Gasteiger partial charge in [-0.3, -0.25) is 4.79 Å². The minimum absolute atomic E-state index is 0.0464. The zero-order valence-corrected chi connectivity index (χ0v) is 16.1. The van der Waals surface area contributed by atoms with Crippen LogP contribution < -0.4 is 5.32 Å². The van der Waals surface area contributed by atoms with Crippen molar-refractivity contribution in [2.75, 3.05) is 18.4 Å². The van der Waals surface area contributed by atoms with E-state index in [1.165, 1.54) is 24.3 Å². The molecule has 2 aliphatic rings. The number of carbonyl (C=O) groups is 1. The van der Waals surface area contributed by atoms with Crippen molar-refractivity contribution >= 4 is 23.3 Å². The molecule has 2 atom stereocenters. The van der Waals surface area contributed by atoms with Crippen molar-refractivity contribution in [2.45, 2.75) is 43.9 Å². The number of fused-ring (bicyclic) bond motifs is 1. The molecular formula is C19H19ClF4N4O. The average Bonchev–Trinajstić information content (AvgIpc) is 3.04. The standard InChI is InChI=1S/C19H19ClF4N4O/c20-15-16(18(29)27-8-2-1-3-9-27)26-28-14(19(22,23)24)10-13(25-17(15)28)11-4-6-12(21)7-5-11/h4-7,13-14,25H,1-3,8-10H2/t13-,14+/m0/s1. The first-order chi connectivity index (χ1) is 13.8. The van der Waals surface area contributed by atoms with Gasteiger partial charge in [-0.05, 0) is 37.0 Å². The first-order valence-corrected chi connectivity index (χ1v) is 9.79. The Morgan fingerprint density at radius 2 is 1.79 bits per heavy atom. The molecule has 0 bridgehead atoms. The summed E-state index contributed by atoms with van der Waals surface area (Å²) < 4.78 is 55.3. The lowest BCUT2D eigenvalue weighted by Crippen LogP contribution is -2.37. The number of nitrogens with zero attached hydrogens (tertiary/aromatic N) is 3. The average molecular weight is 431 g/mol. The van der Waals surface area contributed by atoms with E-state index in [9.17, 15) is 22.4 Å². The number of amides is 1. The topological polar surface area (TPSA) is 50.2 Å². The monoisotopic (exact) mass is 430 g/mol. The van der Waals surface area contributed by atoms with Gasteiger partial charge in [0.1, 0.15) is 16.7 Å². The number of benzene rings is 1. The Morgan fingerprint density at radius 3 is 2.41 bits per heavy atom. The van der Waals surface area contributed by atoms with Crippen LogP contribution in [0.15, 0.2) is 24.3 Å². The number of hydrogen-bond acceptors (Lipinski definition) is 3. The summed E-state index contributed by atoms with van der Waals surface area (Å²) in [6.45, 7) is 1.07. The fraction of sp³-hybridized carbons (Fsp3) is 0.474. The summed E-state index contributed by atoms with van der Waals surface area (Å²) >= 11 is 6.33. The van der Waals surface area contributed by atoms with E-state index in [0.717, 1.165) is 23.9 Å². The number of piperidine rings is 1. The van der Waals surface area contributed by atoms with Gasteiger partial charge in [-0.25, -0.2) is 9.07 Å². The molecular weight excluding hydrogens is 412 g/mol. The van der Waals surface area contributed by atoms with Gasteiger partial charge in [-0.1, -0.05) is 23.7 Å². The SMILES string of the molecule is O=C(c1nn2c(c1Cl)N[C@H](c1ccc(F)cc1)C[C@@H]2C(F)(F)F)N1CCCCC1. The molecule has 1 saturated heterocycles. The van der Waals surface area contributed by atoms with Crippen molar-refractivity contribution in [1.29, 1.82) is 0 Å². The van der Waals surface area contributed by atoms with Crippen LogP contribution in [0, 0.1) is 5.82 Å². The molecule has 4 rings (SSSR count). The quantitative estimate of drug-likeness (QED) is 0.685. The van der Waals surface area contributed by atoms with Crippen LogP contribution >= 0.6 is 11.6 Å². The number of alkyl halides is 3. The molecule has 29 heavy (non-hydrogen) atoms. The van der Waals surface area contributed by atoms with Crippen molar-refractivity contribution in [2.24, 2.45) is 0 Å². The lowest BCUT2D eigenvalue weighted by atomic mass is 9.97. The van der Waals surface area contributed by atoms with Crippen molar-refractivity contribution < 1.29 is 22.4 Å². The molecule has 1 amide bonds. The number of aromatic nitrogens is 2. The minimum Gasteiger partial charge on any atom is -0.362 e. The highest BCUT2D eigenvalue weighted by molar-refractivity contribution is 6.36. The molecule has 2 aromatic rings. The molecule has 1 aromatic carbocycles. The Labute approximate surface area is 169 Å².